The number of nitrogens with one attached hydrogen (secondary N) is 1. The molecule has 2 aromatic rings. The lowest BCUT2D eigenvalue weighted by Gasteiger charge is -2.19. The Morgan fingerprint density at radius 1 is 1.15 bits per heavy atom. The fraction of sp³-hybridized carbons (Fsp3) is 0.444. The van der Waals surface area contributed by atoms with Gasteiger partial charge in [-0.25, -0.2) is 0 Å². The van der Waals surface area contributed by atoms with Gasteiger partial charge in [0.25, 0.3) is 0 Å². The number of benzene rings is 1. The van der Waals surface area contributed by atoms with Crippen LogP contribution in [0.4, 0.5) is 0 Å². The smallest absolute Gasteiger partial charge is 0.0671 e. The molecule has 0 saturated carbocycles. The highest BCUT2D eigenvalue weighted by Gasteiger charge is 2.18. The molecule has 1 atom stereocenters. The Morgan fingerprint density at radius 2 is 2.00 bits per heavy atom. The van der Waals surface area contributed by atoms with Gasteiger partial charge in [-0.15, -0.1) is 11.3 Å². The lowest BCUT2D eigenvalue weighted by atomic mass is 10.00. The fourth-order valence-corrected chi connectivity index (χ4v) is 4.03. The van der Waals surface area contributed by atoms with Crippen LogP contribution in [-0.4, -0.2) is 6.54 Å². The monoisotopic (exact) mass is 285 g/mol. The number of rotatable bonds is 5. The second-order valence-corrected chi connectivity index (χ2v) is 7.04. The fourth-order valence-electron chi connectivity index (χ4n) is 3.05. The van der Waals surface area contributed by atoms with Crippen molar-refractivity contribution in [2.45, 2.75) is 45.6 Å². The Bertz CT molecular complexity index is 585. The summed E-state index contributed by atoms with van der Waals surface area (Å²) in [4.78, 5) is 2.83. The summed E-state index contributed by atoms with van der Waals surface area (Å²) in [5, 5.41) is 3.72. The maximum absolute atomic E-state index is 3.72. The summed E-state index contributed by atoms with van der Waals surface area (Å²) in [6.45, 7) is 5.48. The molecule has 1 N–H and O–H groups in total. The van der Waals surface area contributed by atoms with Gasteiger partial charge < -0.3 is 5.32 Å². The van der Waals surface area contributed by atoms with Crippen molar-refractivity contribution in [2.24, 2.45) is 0 Å². The van der Waals surface area contributed by atoms with Crippen molar-refractivity contribution in [3.05, 3.63) is 56.8 Å². The Balaban J connectivity index is 1.92. The van der Waals surface area contributed by atoms with Crippen LogP contribution in [0.2, 0.25) is 0 Å². The number of fused-ring (bicyclic) bond motifs is 1. The molecule has 0 bridgehead atoms. The molecule has 1 unspecified atom stereocenters. The largest absolute Gasteiger partial charge is 0.306 e. The van der Waals surface area contributed by atoms with Gasteiger partial charge in [0.05, 0.1) is 6.04 Å². The van der Waals surface area contributed by atoms with E-state index in [1.807, 2.05) is 11.3 Å². The van der Waals surface area contributed by atoms with Gasteiger partial charge in [-0.3, -0.25) is 0 Å². The number of hydrogen-bond acceptors (Lipinski definition) is 2. The number of thiophene rings is 1. The highest BCUT2D eigenvalue weighted by molar-refractivity contribution is 7.12. The van der Waals surface area contributed by atoms with E-state index in [2.05, 4.69) is 49.5 Å². The van der Waals surface area contributed by atoms with Crippen molar-refractivity contribution >= 4 is 11.3 Å². The van der Waals surface area contributed by atoms with Gasteiger partial charge in [-0.05, 0) is 68.0 Å². The maximum atomic E-state index is 3.72. The van der Waals surface area contributed by atoms with Crippen LogP contribution in [0.3, 0.4) is 0 Å². The summed E-state index contributed by atoms with van der Waals surface area (Å²) in [6, 6.07) is 12.0. The standard InChI is InChI=1S/C18H23NS/c1-3-11-19-18(17-10-7-13(2)20-17)16-9-8-14-5-4-6-15(14)12-16/h7-10,12,18-19H,3-6,11H2,1-2H3. The first-order valence-corrected chi connectivity index (χ1v) is 8.51. The Labute approximate surface area is 126 Å². The van der Waals surface area contributed by atoms with Crippen molar-refractivity contribution < 1.29 is 0 Å². The van der Waals surface area contributed by atoms with E-state index in [1.54, 1.807) is 11.1 Å². The van der Waals surface area contributed by atoms with Crippen LogP contribution in [-0.2, 0) is 12.8 Å². The summed E-state index contributed by atoms with van der Waals surface area (Å²) < 4.78 is 0. The average molecular weight is 285 g/mol. The van der Waals surface area contributed by atoms with Crippen molar-refractivity contribution in [3.63, 3.8) is 0 Å². The van der Waals surface area contributed by atoms with Crippen molar-refractivity contribution in [1.29, 1.82) is 0 Å². The van der Waals surface area contributed by atoms with E-state index in [1.165, 1.54) is 41.0 Å². The topological polar surface area (TPSA) is 12.0 Å². The Morgan fingerprint density at radius 3 is 2.75 bits per heavy atom. The zero-order chi connectivity index (χ0) is 13.9. The zero-order valence-electron chi connectivity index (χ0n) is 12.4. The Hall–Kier alpha value is -1.12. The van der Waals surface area contributed by atoms with Gasteiger partial charge in [0.2, 0.25) is 0 Å². The summed E-state index contributed by atoms with van der Waals surface area (Å²) in [7, 11) is 0. The van der Waals surface area contributed by atoms with Gasteiger partial charge in [0.15, 0.2) is 0 Å². The lowest BCUT2D eigenvalue weighted by Crippen LogP contribution is -2.22. The summed E-state index contributed by atoms with van der Waals surface area (Å²) in [5.74, 6) is 0. The average Bonchev–Trinajstić information content (AvgIpc) is 3.07. The van der Waals surface area contributed by atoms with E-state index < -0.39 is 0 Å². The first-order chi connectivity index (χ1) is 9.78. The van der Waals surface area contributed by atoms with E-state index in [0.717, 1.165) is 6.54 Å². The molecule has 1 heterocycles. The van der Waals surface area contributed by atoms with Crippen molar-refractivity contribution in [2.75, 3.05) is 6.54 Å². The van der Waals surface area contributed by atoms with E-state index in [9.17, 15) is 0 Å². The number of hydrogen-bond donors (Lipinski definition) is 1. The van der Waals surface area contributed by atoms with Gasteiger partial charge in [-0.2, -0.15) is 0 Å². The summed E-state index contributed by atoms with van der Waals surface area (Å²) in [6.07, 6.45) is 5.02. The van der Waals surface area contributed by atoms with Gasteiger partial charge in [-0.1, -0.05) is 25.1 Å². The molecule has 0 fully saturated rings. The molecule has 3 rings (SSSR count). The maximum Gasteiger partial charge on any atom is 0.0671 e. The molecule has 0 amide bonds. The number of aryl methyl sites for hydroxylation is 3. The minimum Gasteiger partial charge on any atom is -0.306 e. The first-order valence-electron chi connectivity index (χ1n) is 7.69. The van der Waals surface area contributed by atoms with Gasteiger partial charge >= 0.3 is 0 Å². The van der Waals surface area contributed by atoms with Crippen LogP contribution >= 0.6 is 11.3 Å². The molecule has 1 aliphatic rings. The molecule has 2 heteroatoms. The molecule has 0 saturated heterocycles. The highest BCUT2D eigenvalue weighted by atomic mass is 32.1. The highest BCUT2D eigenvalue weighted by Crippen LogP contribution is 2.31. The van der Waals surface area contributed by atoms with E-state index in [-0.39, 0.29) is 0 Å². The quantitative estimate of drug-likeness (QED) is 0.844. The Kier molecular flexibility index (Phi) is 4.23. The predicted molar refractivity (Wildman–Crippen MR) is 87.7 cm³/mol. The van der Waals surface area contributed by atoms with Crippen LogP contribution in [0, 0.1) is 6.92 Å². The summed E-state index contributed by atoms with van der Waals surface area (Å²) >= 11 is 1.91. The van der Waals surface area contributed by atoms with Crippen LogP contribution in [0.15, 0.2) is 30.3 Å². The first kappa shape index (κ1) is 13.8. The van der Waals surface area contributed by atoms with E-state index in [4.69, 9.17) is 0 Å². The molecule has 0 spiro atoms. The van der Waals surface area contributed by atoms with Crippen LogP contribution in [0.25, 0.3) is 0 Å². The molecule has 0 radical (unpaired) electrons. The van der Waals surface area contributed by atoms with Gasteiger partial charge in [0, 0.05) is 9.75 Å². The minimum absolute atomic E-state index is 0.361. The molecule has 0 aliphatic heterocycles. The van der Waals surface area contributed by atoms with Crippen LogP contribution in [0.5, 0.6) is 0 Å². The second kappa shape index (κ2) is 6.11. The third-order valence-electron chi connectivity index (χ3n) is 4.10. The molecule has 1 nitrogen and oxygen atoms in total. The molecule has 1 aromatic heterocycles. The normalized spacial score (nSPS) is 15.3. The molecule has 1 aliphatic carbocycles. The SMILES string of the molecule is CCCNC(c1ccc2c(c1)CCC2)c1ccc(C)s1. The predicted octanol–water partition coefficient (Wildman–Crippen LogP) is 4.63. The third kappa shape index (κ3) is 2.82. The minimum atomic E-state index is 0.361. The lowest BCUT2D eigenvalue weighted by molar-refractivity contribution is 0.605. The van der Waals surface area contributed by atoms with Crippen LogP contribution < -0.4 is 5.32 Å². The van der Waals surface area contributed by atoms with Crippen molar-refractivity contribution in [3.8, 4) is 0 Å². The summed E-state index contributed by atoms with van der Waals surface area (Å²) in [5.41, 5.74) is 4.56. The van der Waals surface area contributed by atoms with E-state index >= 15 is 0 Å². The molecule has 1 aromatic carbocycles. The van der Waals surface area contributed by atoms with Crippen LogP contribution in [0.1, 0.15) is 52.3 Å². The second-order valence-electron chi connectivity index (χ2n) is 5.72. The molecule has 106 valence electrons. The molecule has 20 heavy (non-hydrogen) atoms. The van der Waals surface area contributed by atoms with E-state index in [0.29, 0.717) is 6.04 Å². The third-order valence-corrected chi connectivity index (χ3v) is 5.17. The molecular formula is C18H23NS. The van der Waals surface area contributed by atoms with Crippen molar-refractivity contribution in [1.82, 2.24) is 5.32 Å². The van der Waals surface area contributed by atoms with Gasteiger partial charge in [0.1, 0.15) is 0 Å². The molecular weight excluding hydrogens is 262 g/mol. The zero-order valence-corrected chi connectivity index (χ0v) is 13.2.